The summed E-state index contributed by atoms with van der Waals surface area (Å²) in [7, 11) is 0. The number of ether oxygens (including phenoxy) is 1. The van der Waals surface area contributed by atoms with Gasteiger partial charge in [0.2, 0.25) is 0 Å². The van der Waals surface area contributed by atoms with E-state index in [1.54, 1.807) is 6.20 Å². The zero-order chi connectivity index (χ0) is 18.5. The van der Waals surface area contributed by atoms with Gasteiger partial charge in [-0.1, -0.05) is 17.4 Å². The minimum Gasteiger partial charge on any atom is -0.379 e. The first-order valence-corrected chi connectivity index (χ1v) is 9.76. The minimum absolute atomic E-state index is 0.0576. The fourth-order valence-electron chi connectivity index (χ4n) is 2.92. The number of aromatic nitrogens is 2. The van der Waals surface area contributed by atoms with Crippen molar-refractivity contribution in [1.29, 1.82) is 0 Å². The molecule has 7 nitrogen and oxygen atoms in total. The van der Waals surface area contributed by atoms with E-state index in [9.17, 15) is 4.79 Å². The van der Waals surface area contributed by atoms with Crippen LogP contribution in [0, 0.1) is 0 Å². The second-order valence-corrected chi connectivity index (χ2v) is 7.28. The van der Waals surface area contributed by atoms with Gasteiger partial charge in [0.05, 0.1) is 23.4 Å². The van der Waals surface area contributed by atoms with E-state index in [2.05, 4.69) is 25.5 Å². The summed E-state index contributed by atoms with van der Waals surface area (Å²) in [6, 6.07) is 11.3. The molecule has 4 rings (SSSR count). The molecule has 0 aliphatic carbocycles. The van der Waals surface area contributed by atoms with Gasteiger partial charge in [0, 0.05) is 37.9 Å². The Bertz CT molecular complexity index is 909. The van der Waals surface area contributed by atoms with Gasteiger partial charge in [-0.15, -0.1) is 0 Å². The molecular weight excluding hydrogens is 362 g/mol. The van der Waals surface area contributed by atoms with E-state index in [1.807, 2.05) is 36.4 Å². The number of benzene rings is 1. The number of nitrogens with zero attached hydrogens (tertiary/aromatic N) is 3. The standard InChI is InChI=1S/C19H21N5O2S/c25-18(21-7-8-24-9-11-26-12-10-24)14-4-5-15-16(13-14)27-19(22-15)23-17-3-1-2-6-20-17/h1-6,13H,7-12H2,(H,21,25)(H,20,22,23). The summed E-state index contributed by atoms with van der Waals surface area (Å²) in [6.07, 6.45) is 1.73. The third-order valence-corrected chi connectivity index (χ3v) is 5.30. The number of carbonyl (C=O) groups is 1. The van der Waals surface area contributed by atoms with Crippen molar-refractivity contribution in [2.45, 2.75) is 0 Å². The lowest BCUT2D eigenvalue weighted by Crippen LogP contribution is -2.41. The van der Waals surface area contributed by atoms with Crippen LogP contribution in [-0.2, 0) is 4.74 Å². The molecule has 0 bridgehead atoms. The molecule has 2 aromatic heterocycles. The number of fused-ring (bicyclic) bond motifs is 1. The van der Waals surface area contributed by atoms with Gasteiger partial charge in [-0.05, 0) is 30.3 Å². The van der Waals surface area contributed by atoms with Crippen LogP contribution in [0.4, 0.5) is 10.9 Å². The number of rotatable bonds is 6. The first-order chi connectivity index (χ1) is 13.3. The first kappa shape index (κ1) is 17.8. The smallest absolute Gasteiger partial charge is 0.251 e. The van der Waals surface area contributed by atoms with Crippen LogP contribution in [0.5, 0.6) is 0 Å². The van der Waals surface area contributed by atoms with E-state index < -0.39 is 0 Å². The summed E-state index contributed by atoms with van der Waals surface area (Å²) >= 11 is 1.51. The van der Waals surface area contributed by atoms with E-state index in [4.69, 9.17) is 4.74 Å². The van der Waals surface area contributed by atoms with Gasteiger partial charge in [0.15, 0.2) is 5.13 Å². The molecule has 27 heavy (non-hydrogen) atoms. The van der Waals surface area contributed by atoms with Crippen molar-refractivity contribution in [3.05, 3.63) is 48.2 Å². The van der Waals surface area contributed by atoms with Gasteiger partial charge in [-0.3, -0.25) is 9.69 Å². The maximum Gasteiger partial charge on any atom is 0.251 e. The maximum absolute atomic E-state index is 12.4. The average molecular weight is 383 g/mol. The highest BCUT2D eigenvalue weighted by Gasteiger charge is 2.12. The summed E-state index contributed by atoms with van der Waals surface area (Å²) < 4.78 is 6.30. The van der Waals surface area contributed by atoms with Crippen molar-refractivity contribution >= 4 is 38.4 Å². The molecule has 1 amide bonds. The Balaban J connectivity index is 1.37. The molecular formula is C19H21N5O2S. The quantitative estimate of drug-likeness (QED) is 0.681. The van der Waals surface area contributed by atoms with Crippen LogP contribution in [0.2, 0.25) is 0 Å². The van der Waals surface area contributed by atoms with Crippen LogP contribution < -0.4 is 10.6 Å². The lowest BCUT2D eigenvalue weighted by molar-refractivity contribution is 0.0383. The molecule has 0 atom stereocenters. The van der Waals surface area contributed by atoms with E-state index in [1.165, 1.54) is 11.3 Å². The molecule has 2 N–H and O–H groups in total. The molecule has 0 unspecified atom stereocenters. The third-order valence-electron chi connectivity index (χ3n) is 4.37. The van der Waals surface area contributed by atoms with E-state index in [0.29, 0.717) is 12.1 Å². The molecule has 0 spiro atoms. The Labute approximate surface area is 161 Å². The maximum atomic E-state index is 12.4. The number of pyridine rings is 1. The van der Waals surface area contributed by atoms with Gasteiger partial charge in [0.1, 0.15) is 5.82 Å². The van der Waals surface area contributed by atoms with E-state index in [-0.39, 0.29) is 5.91 Å². The van der Waals surface area contributed by atoms with Crippen LogP contribution in [0.25, 0.3) is 10.2 Å². The first-order valence-electron chi connectivity index (χ1n) is 8.95. The number of amides is 1. The number of morpholine rings is 1. The predicted molar refractivity (Wildman–Crippen MR) is 107 cm³/mol. The van der Waals surface area contributed by atoms with Crippen molar-refractivity contribution in [3.63, 3.8) is 0 Å². The summed E-state index contributed by atoms with van der Waals surface area (Å²) in [6.45, 7) is 4.86. The van der Waals surface area contributed by atoms with E-state index in [0.717, 1.165) is 54.0 Å². The molecule has 1 fully saturated rings. The summed E-state index contributed by atoms with van der Waals surface area (Å²) in [5, 5.41) is 6.95. The van der Waals surface area contributed by atoms with Crippen molar-refractivity contribution in [2.24, 2.45) is 0 Å². The molecule has 1 aliphatic rings. The fourth-order valence-corrected chi connectivity index (χ4v) is 3.83. The van der Waals surface area contributed by atoms with Crippen LogP contribution in [-0.4, -0.2) is 60.2 Å². The highest BCUT2D eigenvalue weighted by Crippen LogP contribution is 2.28. The topological polar surface area (TPSA) is 79.4 Å². The molecule has 1 aliphatic heterocycles. The number of thiazole rings is 1. The molecule has 140 valence electrons. The third kappa shape index (κ3) is 4.60. The van der Waals surface area contributed by atoms with Gasteiger partial charge >= 0.3 is 0 Å². The summed E-state index contributed by atoms with van der Waals surface area (Å²) in [5.74, 6) is 0.690. The number of hydrogen-bond acceptors (Lipinski definition) is 7. The zero-order valence-electron chi connectivity index (χ0n) is 14.9. The molecule has 0 saturated carbocycles. The number of hydrogen-bond donors (Lipinski definition) is 2. The van der Waals surface area contributed by atoms with Crippen LogP contribution in [0.1, 0.15) is 10.4 Å². The van der Waals surface area contributed by atoms with Crippen molar-refractivity contribution < 1.29 is 9.53 Å². The lowest BCUT2D eigenvalue weighted by atomic mass is 10.2. The van der Waals surface area contributed by atoms with Gasteiger partial charge < -0.3 is 15.4 Å². The highest BCUT2D eigenvalue weighted by atomic mass is 32.1. The monoisotopic (exact) mass is 383 g/mol. The summed E-state index contributed by atoms with van der Waals surface area (Å²) in [4.78, 5) is 23.5. The Hall–Kier alpha value is -2.55. The largest absolute Gasteiger partial charge is 0.379 e. The Morgan fingerprint density at radius 1 is 1.22 bits per heavy atom. The minimum atomic E-state index is -0.0576. The lowest BCUT2D eigenvalue weighted by Gasteiger charge is -2.26. The second kappa shape index (κ2) is 8.43. The second-order valence-electron chi connectivity index (χ2n) is 6.25. The molecule has 0 radical (unpaired) electrons. The molecule has 3 heterocycles. The zero-order valence-corrected chi connectivity index (χ0v) is 15.7. The van der Waals surface area contributed by atoms with E-state index >= 15 is 0 Å². The molecule has 8 heteroatoms. The molecule has 1 saturated heterocycles. The average Bonchev–Trinajstić information content (AvgIpc) is 3.11. The summed E-state index contributed by atoms with van der Waals surface area (Å²) in [5.41, 5.74) is 1.51. The number of anilines is 2. The molecule has 3 aromatic rings. The Morgan fingerprint density at radius 3 is 2.93 bits per heavy atom. The molecule has 1 aromatic carbocycles. The fraction of sp³-hybridized carbons (Fsp3) is 0.316. The van der Waals surface area contributed by atoms with Gasteiger partial charge in [-0.25, -0.2) is 9.97 Å². The SMILES string of the molecule is O=C(NCCN1CCOCC1)c1ccc2nc(Nc3ccccn3)sc2c1. The highest BCUT2D eigenvalue weighted by molar-refractivity contribution is 7.22. The Morgan fingerprint density at radius 2 is 2.11 bits per heavy atom. The predicted octanol–water partition coefficient (Wildman–Crippen LogP) is 2.50. The van der Waals surface area contributed by atoms with Crippen molar-refractivity contribution in [2.75, 3.05) is 44.7 Å². The Kier molecular flexibility index (Phi) is 5.57. The van der Waals surface area contributed by atoms with Crippen LogP contribution >= 0.6 is 11.3 Å². The van der Waals surface area contributed by atoms with Crippen LogP contribution in [0.15, 0.2) is 42.6 Å². The van der Waals surface area contributed by atoms with Crippen molar-refractivity contribution in [1.82, 2.24) is 20.2 Å². The van der Waals surface area contributed by atoms with Crippen molar-refractivity contribution in [3.8, 4) is 0 Å². The van der Waals surface area contributed by atoms with Gasteiger partial charge in [0.25, 0.3) is 5.91 Å². The number of carbonyl (C=O) groups excluding carboxylic acids is 1. The van der Waals surface area contributed by atoms with Crippen LogP contribution in [0.3, 0.4) is 0 Å². The normalized spacial score (nSPS) is 15.0. The van der Waals surface area contributed by atoms with Gasteiger partial charge in [-0.2, -0.15) is 0 Å². The number of nitrogens with one attached hydrogen (secondary N) is 2.